The van der Waals surface area contributed by atoms with Gasteiger partial charge in [0.15, 0.2) is 0 Å². The molecule has 28 heavy (non-hydrogen) atoms. The molecule has 0 fully saturated rings. The quantitative estimate of drug-likeness (QED) is 0.458. The summed E-state index contributed by atoms with van der Waals surface area (Å²) in [6.07, 6.45) is 0.296. The molecule has 5 nitrogen and oxygen atoms in total. The van der Waals surface area contributed by atoms with Crippen molar-refractivity contribution in [1.29, 1.82) is 0 Å². The van der Waals surface area contributed by atoms with Crippen LogP contribution in [0.2, 0.25) is 5.02 Å². The largest absolute Gasteiger partial charge is 1.00 e. The van der Waals surface area contributed by atoms with Crippen molar-refractivity contribution >= 4 is 23.3 Å². The van der Waals surface area contributed by atoms with E-state index in [4.69, 9.17) is 22.1 Å². The number of nitrogen functional groups attached to an aromatic ring is 1. The number of halogens is 2. The van der Waals surface area contributed by atoms with E-state index in [0.29, 0.717) is 39.7 Å². The number of hydrogen-bond acceptors (Lipinski definition) is 5. The van der Waals surface area contributed by atoms with E-state index >= 15 is 0 Å². The fraction of sp³-hybridized carbons (Fsp3) is 0.100. The minimum absolute atomic E-state index is 0. The number of nitrogens with zero attached hydrogens (tertiary/aromatic N) is 1. The van der Waals surface area contributed by atoms with Gasteiger partial charge in [-0.15, -0.1) is 0 Å². The number of aromatic carboxylic acids is 1. The Kier molecular flexibility index (Phi) is 7.83. The zero-order chi connectivity index (χ0) is 19.4. The predicted octanol–water partition coefficient (Wildman–Crippen LogP) is -0.00640. The third kappa shape index (κ3) is 5.69. The second kappa shape index (κ2) is 9.89. The van der Waals surface area contributed by atoms with Crippen LogP contribution in [0.3, 0.4) is 0 Å². The number of nitrogens with two attached hydrogens (primary N) is 1. The van der Waals surface area contributed by atoms with Crippen molar-refractivity contribution in [2.24, 2.45) is 0 Å². The molecule has 8 heteroatoms. The van der Waals surface area contributed by atoms with Crippen molar-refractivity contribution in [3.8, 4) is 5.75 Å². The molecule has 0 saturated carbocycles. The fourth-order valence-electron chi connectivity index (χ4n) is 2.56. The molecule has 1 aromatic heterocycles. The number of carboxylic acid groups (broad SMARTS) is 1. The summed E-state index contributed by atoms with van der Waals surface area (Å²) in [5.41, 5.74) is 7.80. The number of carbonyl (C=O) groups is 1. The number of aromatic nitrogens is 1. The van der Waals surface area contributed by atoms with E-state index in [-0.39, 0.29) is 41.9 Å². The molecule has 0 aliphatic heterocycles. The second-order valence-electron chi connectivity index (χ2n) is 5.87. The van der Waals surface area contributed by atoms with Crippen molar-refractivity contribution in [2.75, 3.05) is 5.73 Å². The normalized spacial score (nSPS) is 10.2. The summed E-state index contributed by atoms with van der Waals surface area (Å²) in [6, 6.07) is 14.1. The summed E-state index contributed by atoms with van der Waals surface area (Å²) in [7, 11) is 0. The molecule has 0 spiro atoms. The predicted molar refractivity (Wildman–Crippen MR) is 98.0 cm³/mol. The minimum Gasteiger partial charge on any atom is -0.543 e. The number of benzene rings is 2. The molecule has 0 bridgehead atoms. The van der Waals surface area contributed by atoms with E-state index in [1.54, 1.807) is 42.5 Å². The van der Waals surface area contributed by atoms with Crippen molar-refractivity contribution in [3.63, 3.8) is 0 Å². The maximum atomic E-state index is 13.9. The summed E-state index contributed by atoms with van der Waals surface area (Å²) in [5.74, 6) is -1.30. The van der Waals surface area contributed by atoms with Gasteiger partial charge in [0, 0.05) is 34.0 Å². The van der Waals surface area contributed by atoms with Crippen molar-refractivity contribution in [3.05, 3.63) is 88.0 Å². The van der Waals surface area contributed by atoms with Gasteiger partial charge in [-0.3, -0.25) is 4.98 Å². The van der Waals surface area contributed by atoms with E-state index in [9.17, 15) is 14.3 Å². The molecule has 0 aliphatic carbocycles. The van der Waals surface area contributed by atoms with Crippen LogP contribution in [-0.4, -0.2) is 11.0 Å². The van der Waals surface area contributed by atoms with Gasteiger partial charge in [-0.2, -0.15) is 0 Å². The Balaban J connectivity index is 0.00000280. The van der Waals surface area contributed by atoms with Gasteiger partial charge in [-0.1, -0.05) is 23.7 Å². The maximum Gasteiger partial charge on any atom is 1.00 e. The maximum absolute atomic E-state index is 13.9. The number of pyridine rings is 1. The number of hydrogen-bond donors (Lipinski definition) is 1. The van der Waals surface area contributed by atoms with Crippen LogP contribution in [0.5, 0.6) is 5.75 Å². The van der Waals surface area contributed by atoms with Crippen LogP contribution in [-0.2, 0) is 13.0 Å². The van der Waals surface area contributed by atoms with Gasteiger partial charge in [0.2, 0.25) is 0 Å². The van der Waals surface area contributed by atoms with E-state index in [1.807, 2.05) is 0 Å². The SMILES string of the molecule is Nc1ccc(OCc2ccc(Cl)cc2F)c(Cc2cccc(C(=O)[O-])n2)c1.[Na+]. The van der Waals surface area contributed by atoms with E-state index in [1.165, 1.54) is 12.1 Å². The summed E-state index contributed by atoms with van der Waals surface area (Å²) < 4.78 is 19.7. The Bertz CT molecular complexity index is 1000. The van der Waals surface area contributed by atoms with Crippen molar-refractivity contribution in [1.82, 2.24) is 4.98 Å². The van der Waals surface area contributed by atoms with Gasteiger partial charge in [0.1, 0.15) is 18.2 Å². The molecule has 0 saturated heterocycles. The molecule has 0 amide bonds. The van der Waals surface area contributed by atoms with Crippen LogP contribution < -0.4 is 45.1 Å². The number of ether oxygens (including phenoxy) is 1. The zero-order valence-electron chi connectivity index (χ0n) is 15.1. The first-order valence-corrected chi connectivity index (χ1v) is 8.42. The summed E-state index contributed by atoms with van der Waals surface area (Å²) in [6.45, 7) is 0.00638. The van der Waals surface area contributed by atoms with E-state index < -0.39 is 11.8 Å². The van der Waals surface area contributed by atoms with Crippen LogP contribution in [0.25, 0.3) is 0 Å². The molecular formula is C20H15ClFN2NaO3. The average Bonchev–Trinajstić information content (AvgIpc) is 2.62. The standard InChI is InChI=1S/C20H16ClFN2O3.Na/c21-14-5-4-12(17(22)10-14)11-27-19-7-6-15(23)8-13(19)9-16-2-1-3-18(24-16)20(25)26;/h1-8,10H,9,11,23H2,(H,25,26);/q;+1/p-1. The van der Waals surface area contributed by atoms with Crippen LogP contribution >= 0.6 is 11.6 Å². The van der Waals surface area contributed by atoms with E-state index in [0.717, 1.165) is 0 Å². The first kappa shape index (κ1) is 22.2. The van der Waals surface area contributed by atoms with Gasteiger partial charge in [0.25, 0.3) is 0 Å². The van der Waals surface area contributed by atoms with Gasteiger partial charge in [0.05, 0.1) is 11.7 Å². The molecule has 1 heterocycles. The Labute approximate surface area is 188 Å². The van der Waals surface area contributed by atoms with E-state index in [2.05, 4.69) is 4.98 Å². The molecule has 3 aromatic rings. The minimum atomic E-state index is -1.35. The Hall–Kier alpha value is -2.12. The first-order valence-electron chi connectivity index (χ1n) is 8.05. The molecule has 0 unspecified atom stereocenters. The van der Waals surface area contributed by atoms with Crippen LogP contribution in [0.1, 0.15) is 27.3 Å². The second-order valence-corrected chi connectivity index (χ2v) is 6.31. The molecule has 138 valence electrons. The summed E-state index contributed by atoms with van der Waals surface area (Å²) in [5, 5.41) is 11.3. The molecule has 0 aliphatic rings. The van der Waals surface area contributed by atoms with Gasteiger partial charge < -0.3 is 20.4 Å². The summed E-state index contributed by atoms with van der Waals surface area (Å²) in [4.78, 5) is 15.0. The monoisotopic (exact) mass is 408 g/mol. The summed E-state index contributed by atoms with van der Waals surface area (Å²) >= 11 is 5.75. The topological polar surface area (TPSA) is 88.3 Å². The fourth-order valence-corrected chi connectivity index (χ4v) is 2.72. The van der Waals surface area contributed by atoms with Crippen LogP contribution in [0.4, 0.5) is 10.1 Å². The average molecular weight is 409 g/mol. The van der Waals surface area contributed by atoms with Crippen molar-refractivity contribution in [2.45, 2.75) is 13.0 Å². The molecule has 0 radical (unpaired) electrons. The first-order chi connectivity index (χ1) is 12.9. The Morgan fingerprint density at radius 2 is 1.93 bits per heavy atom. The number of anilines is 1. The zero-order valence-corrected chi connectivity index (χ0v) is 17.9. The smallest absolute Gasteiger partial charge is 0.543 e. The van der Waals surface area contributed by atoms with Gasteiger partial charge in [-0.25, -0.2) is 4.39 Å². The molecule has 2 aromatic carbocycles. The molecular weight excluding hydrogens is 394 g/mol. The van der Waals surface area contributed by atoms with Crippen LogP contribution in [0, 0.1) is 5.82 Å². The number of carboxylic acids is 1. The molecule has 0 atom stereocenters. The molecule has 3 rings (SSSR count). The van der Waals surface area contributed by atoms with Gasteiger partial charge >= 0.3 is 29.6 Å². The number of carbonyl (C=O) groups excluding carboxylic acids is 1. The van der Waals surface area contributed by atoms with Crippen LogP contribution in [0.15, 0.2) is 54.6 Å². The number of rotatable bonds is 6. The van der Waals surface area contributed by atoms with Gasteiger partial charge in [-0.05, 0) is 42.5 Å². The van der Waals surface area contributed by atoms with Crippen molar-refractivity contribution < 1.29 is 48.6 Å². The Morgan fingerprint density at radius 1 is 1.14 bits per heavy atom. The third-order valence-electron chi connectivity index (χ3n) is 3.87. The molecule has 2 N–H and O–H groups in total. The Morgan fingerprint density at radius 3 is 2.64 bits per heavy atom. The third-order valence-corrected chi connectivity index (χ3v) is 4.11.